The van der Waals surface area contributed by atoms with Gasteiger partial charge >= 0.3 is 5.97 Å². The van der Waals surface area contributed by atoms with Crippen molar-refractivity contribution in [3.63, 3.8) is 0 Å². The second-order valence-electron chi connectivity index (χ2n) is 5.14. The third kappa shape index (κ3) is 2.43. The van der Waals surface area contributed by atoms with E-state index >= 15 is 0 Å². The van der Waals surface area contributed by atoms with E-state index in [2.05, 4.69) is 20.5 Å². The molecule has 0 spiro atoms. The first-order valence-electron chi connectivity index (χ1n) is 5.81. The minimum absolute atomic E-state index is 0.129. The van der Waals surface area contributed by atoms with Crippen LogP contribution in [0.1, 0.15) is 19.7 Å². The molecule has 2 rings (SSSR count). The number of amides is 1. The molecule has 1 aliphatic carbocycles. The average Bonchev–Trinajstić information content (AvgIpc) is 2.65. The first kappa shape index (κ1) is 13.5. The largest absolute Gasteiger partial charge is 0.481 e. The van der Waals surface area contributed by atoms with Crippen LogP contribution in [0.3, 0.4) is 0 Å². The normalized spacial score (nSPS) is 23.9. The molecule has 1 aromatic heterocycles. The predicted octanol–water partition coefficient (Wildman–Crippen LogP) is 0.246. The van der Waals surface area contributed by atoms with Gasteiger partial charge in [0.25, 0.3) is 0 Å². The Morgan fingerprint density at radius 1 is 1.47 bits per heavy atom. The Kier molecular flexibility index (Phi) is 3.27. The molecular formula is C11H16N4O4. The van der Waals surface area contributed by atoms with Crippen molar-refractivity contribution < 1.29 is 19.4 Å². The average molecular weight is 268 g/mol. The van der Waals surface area contributed by atoms with Crippen molar-refractivity contribution in [3.8, 4) is 0 Å². The van der Waals surface area contributed by atoms with Gasteiger partial charge in [-0.1, -0.05) is 13.8 Å². The summed E-state index contributed by atoms with van der Waals surface area (Å²) >= 11 is 0. The molecule has 104 valence electrons. The number of hydrogen-bond acceptors (Lipinski definition) is 5. The molecule has 0 aromatic carbocycles. The van der Waals surface area contributed by atoms with Crippen LogP contribution in [0.25, 0.3) is 0 Å². The number of aliphatic carboxylic acids is 1. The molecule has 8 heteroatoms. The summed E-state index contributed by atoms with van der Waals surface area (Å²) in [4.78, 5) is 27.0. The van der Waals surface area contributed by atoms with Gasteiger partial charge in [-0.05, 0) is 5.41 Å². The Hall–Kier alpha value is -1.96. The Bertz CT molecular complexity index is 511. The zero-order valence-electron chi connectivity index (χ0n) is 10.9. The SMILES string of the molecule is COCc1nc(NC(=O)[C@H]2[C@@H](C(=O)O)C2(C)C)n[nH]1. The van der Waals surface area contributed by atoms with Crippen molar-refractivity contribution in [3.05, 3.63) is 5.82 Å². The molecule has 1 aromatic rings. The maximum atomic E-state index is 12.0. The highest BCUT2D eigenvalue weighted by Crippen LogP contribution is 2.58. The lowest BCUT2D eigenvalue weighted by Crippen LogP contribution is -2.18. The van der Waals surface area contributed by atoms with Crippen LogP contribution in [0.4, 0.5) is 5.95 Å². The minimum atomic E-state index is -0.958. The van der Waals surface area contributed by atoms with Crippen LogP contribution in [0.15, 0.2) is 0 Å². The number of rotatable bonds is 5. The van der Waals surface area contributed by atoms with Crippen LogP contribution in [-0.2, 0) is 20.9 Å². The Morgan fingerprint density at radius 2 is 2.16 bits per heavy atom. The number of carbonyl (C=O) groups is 2. The molecule has 19 heavy (non-hydrogen) atoms. The quantitative estimate of drug-likeness (QED) is 0.704. The molecule has 0 saturated heterocycles. The molecule has 0 bridgehead atoms. The van der Waals surface area contributed by atoms with Crippen LogP contribution in [-0.4, -0.2) is 39.3 Å². The van der Waals surface area contributed by atoms with Gasteiger partial charge in [-0.25, -0.2) is 0 Å². The fourth-order valence-corrected chi connectivity index (χ4v) is 2.33. The molecule has 2 atom stereocenters. The first-order valence-corrected chi connectivity index (χ1v) is 5.81. The molecule has 1 aliphatic rings. The summed E-state index contributed by atoms with van der Waals surface area (Å²) in [6.07, 6.45) is 0. The fraction of sp³-hybridized carbons (Fsp3) is 0.636. The van der Waals surface area contributed by atoms with Gasteiger partial charge in [-0.2, -0.15) is 4.98 Å². The van der Waals surface area contributed by atoms with Crippen LogP contribution >= 0.6 is 0 Å². The third-order valence-electron chi connectivity index (χ3n) is 3.42. The van der Waals surface area contributed by atoms with Crippen molar-refractivity contribution >= 4 is 17.8 Å². The maximum absolute atomic E-state index is 12.0. The second-order valence-corrected chi connectivity index (χ2v) is 5.14. The number of nitrogens with one attached hydrogen (secondary N) is 2. The number of aromatic amines is 1. The molecule has 1 heterocycles. The van der Waals surface area contributed by atoms with Crippen molar-refractivity contribution in [1.29, 1.82) is 0 Å². The summed E-state index contributed by atoms with van der Waals surface area (Å²) in [5.74, 6) is -1.94. The summed E-state index contributed by atoms with van der Waals surface area (Å²) in [6, 6.07) is 0. The zero-order valence-corrected chi connectivity index (χ0v) is 10.9. The molecule has 1 saturated carbocycles. The first-order chi connectivity index (χ1) is 8.87. The monoisotopic (exact) mass is 268 g/mol. The lowest BCUT2D eigenvalue weighted by Gasteiger charge is -2.01. The van der Waals surface area contributed by atoms with E-state index in [-0.39, 0.29) is 18.5 Å². The predicted molar refractivity (Wildman–Crippen MR) is 64.1 cm³/mol. The summed E-state index contributed by atoms with van der Waals surface area (Å²) in [5, 5.41) is 17.9. The molecule has 0 unspecified atom stereocenters. The Balaban J connectivity index is 2.00. The lowest BCUT2D eigenvalue weighted by molar-refractivity contribution is -0.140. The molecular weight excluding hydrogens is 252 g/mol. The van der Waals surface area contributed by atoms with Gasteiger partial charge in [0, 0.05) is 7.11 Å². The van der Waals surface area contributed by atoms with Crippen LogP contribution in [0.2, 0.25) is 0 Å². The van der Waals surface area contributed by atoms with Crippen LogP contribution < -0.4 is 5.32 Å². The van der Waals surface area contributed by atoms with Gasteiger partial charge in [0.15, 0.2) is 5.82 Å². The molecule has 3 N–H and O–H groups in total. The summed E-state index contributed by atoms with van der Waals surface area (Å²) in [5.41, 5.74) is -0.540. The number of carbonyl (C=O) groups excluding carboxylic acids is 1. The van der Waals surface area contributed by atoms with E-state index in [1.165, 1.54) is 7.11 Å². The van der Waals surface area contributed by atoms with Gasteiger partial charge in [0.1, 0.15) is 6.61 Å². The number of anilines is 1. The molecule has 8 nitrogen and oxygen atoms in total. The van der Waals surface area contributed by atoms with E-state index < -0.39 is 23.2 Å². The number of aromatic nitrogens is 3. The number of nitrogens with zero attached hydrogens (tertiary/aromatic N) is 2. The Labute approximate surface area is 109 Å². The summed E-state index contributed by atoms with van der Waals surface area (Å²) in [7, 11) is 1.52. The lowest BCUT2D eigenvalue weighted by atomic mass is 10.1. The van der Waals surface area contributed by atoms with Crippen molar-refractivity contribution in [2.24, 2.45) is 17.3 Å². The van der Waals surface area contributed by atoms with E-state index in [0.717, 1.165) is 0 Å². The van der Waals surface area contributed by atoms with Gasteiger partial charge < -0.3 is 9.84 Å². The summed E-state index contributed by atoms with van der Waals surface area (Å²) in [6.45, 7) is 3.77. The number of carboxylic acid groups (broad SMARTS) is 1. The highest BCUT2D eigenvalue weighted by molar-refractivity contribution is 5.98. The number of carboxylic acids is 1. The van der Waals surface area contributed by atoms with Gasteiger partial charge in [-0.15, -0.1) is 5.10 Å². The van der Waals surface area contributed by atoms with E-state index in [0.29, 0.717) is 5.82 Å². The minimum Gasteiger partial charge on any atom is -0.481 e. The van der Waals surface area contributed by atoms with Crippen molar-refractivity contribution in [2.75, 3.05) is 12.4 Å². The second kappa shape index (κ2) is 4.61. The van der Waals surface area contributed by atoms with Gasteiger partial charge in [-0.3, -0.25) is 20.0 Å². The van der Waals surface area contributed by atoms with Gasteiger partial charge in [0.2, 0.25) is 11.9 Å². The molecule has 0 aliphatic heterocycles. The van der Waals surface area contributed by atoms with Crippen molar-refractivity contribution in [1.82, 2.24) is 15.2 Å². The highest BCUT2D eigenvalue weighted by Gasteiger charge is 2.66. The smallest absolute Gasteiger partial charge is 0.307 e. The summed E-state index contributed by atoms with van der Waals surface area (Å²) < 4.78 is 4.86. The number of methoxy groups -OCH3 is 1. The van der Waals surface area contributed by atoms with E-state index in [9.17, 15) is 9.59 Å². The standard InChI is InChI=1S/C11H16N4O4/c1-11(2)6(7(11)9(17)18)8(16)13-10-12-5(4-19-3)14-15-10/h6-7H,4H2,1-3H3,(H,17,18)(H2,12,13,14,15,16)/t6-,7+/m1/s1. The van der Waals surface area contributed by atoms with Gasteiger partial charge in [0.05, 0.1) is 11.8 Å². The number of ether oxygens (including phenoxy) is 1. The Morgan fingerprint density at radius 3 is 2.68 bits per heavy atom. The maximum Gasteiger partial charge on any atom is 0.307 e. The van der Waals surface area contributed by atoms with Crippen LogP contribution in [0, 0.1) is 17.3 Å². The van der Waals surface area contributed by atoms with Crippen LogP contribution in [0.5, 0.6) is 0 Å². The molecule has 1 amide bonds. The van der Waals surface area contributed by atoms with Crippen molar-refractivity contribution in [2.45, 2.75) is 20.5 Å². The molecule has 1 fully saturated rings. The zero-order chi connectivity index (χ0) is 14.2. The fourth-order valence-electron chi connectivity index (χ4n) is 2.33. The topological polar surface area (TPSA) is 117 Å². The third-order valence-corrected chi connectivity index (χ3v) is 3.42. The van der Waals surface area contributed by atoms with E-state index in [1.54, 1.807) is 13.8 Å². The molecule has 0 radical (unpaired) electrons. The van der Waals surface area contributed by atoms with E-state index in [4.69, 9.17) is 9.84 Å². The number of H-pyrrole nitrogens is 1. The number of hydrogen-bond donors (Lipinski definition) is 3. The highest BCUT2D eigenvalue weighted by atomic mass is 16.5. The van der Waals surface area contributed by atoms with E-state index in [1.807, 2.05) is 0 Å².